The van der Waals surface area contributed by atoms with E-state index < -0.39 is 24.0 Å². The van der Waals surface area contributed by atoms with Crippen LogP contribution in [0.25, 0.3) is 0 Å². The zero-order valence-corrected chi connectivity index (χ0v) is 23.7. The van der Waals surface area contributed by atoms with Crippen molar-refractivity contribution in [2.75, 3.05) is 5.32 Å². The van der Waals surface area contributed by atoms with E-state index in [-0.39, 0.29) is 11.8 Å². The van der Waals surface area contributed by atoms with E-state index in [1.54, 1.807) is 6.21 Å². The zero-order valence-electron chi connectivity index (χ0n) is 22.9. The van der Waals surface area contributed by atoms with Crippen molar-refractivity contribution in [1.82, 2.24) is 5.43 Å². The summed E-state index contributed by atoms with van der Waals surface area (Å²) in [5.74, 6) is 1.13. The van der Waals surface area contributed by atoms with Gasteiger partial charge in [-0.15, -0.1) is 0 Å². The highest BCUT2D eigenvalue weighted by molar-refractivity contribution is 7.80. The topological polar surface area (TPSA) is 82.6 Å². The molecule has 4 heterocycles. The molecule has 8 atom stereocenters. The summed E-state index contributed by atoms with van der Waals surface area (Å²) >= 11 is 5.35. The Balaban J connectivity index is 1.10. The number of nitrogens with one attached hydrogen (secondary N) is 2. The van der Waals surface area contributed by atoms with Gasteiger partial charge in [-0.25, -0.2) is 9.78 Å². The summed E-state index contributed by atoms with van der Waals surface area (Å²) in [5, 5.41) is 7.84. The van der Waals surface area contributed by atoms with Gasteiger partial charge in [0.05, 0.1) is 6.21 Å². The van der Waals surface area contributed by atoms with Crippen LogP contribution in [0, 0.1) is 30.6 Å². The van der Waals surface area contributed by atoms with Gasteiger partial charge in [0.15, 0.2) is 17.0 Å². The molecule has 1 saturated carbocycles. The molecule has 5 fully saturated rings. The van der Waals surface area contributed by atoms with E-state index in [1.807, 2.05) is 62.4 Å². The number of benzene rings is 2. The van der Waals surface area contributed by atoms with Gasteiger partial charge >= 0.3 is 0 Å². The predicted octanol–water partition coefficient (Wildman–Crippen LogP) is 5.90. The van der Waals surface area contributed by atoms with E-state index >= 15 is 0 Å². The normalized spacial score (nSPS) is 37.1. The molecule has 2 N–H and O–H groups in total. The maximum Gasteiger partial charge on any atom is 0.205 e. The minimum Gasteiger partial charge on any atom is -0.465 e. The highest BCUT2D eigenvalue weighted by Crippen LogP contribution is 2.60. The Morgan fingerprint density at radius 3 is 2.64 bits per heavy atom. The Morgan fingerprint density at radius 1 is 1.05 bits per heavy atom. The first kappa shape index (κ1) is 26.7. The van der Waals surface area contributed by atoms with Crippen molar-refractivity contribution in [2.45, 2.75) is 77.3 Å². The van der Waals surface area contributed by atoms with Crippen LogP contribution in [0.4, 0.5) is 5.69 Å². The van der Waals surface area contributed by atoms with Crippen molar-refractivity contribution in [3.8, 4) is 5.75 Å². The molecule has 2 aromatic rings. The summed E-state index contributed by atoms with van der Waals surface area (Å²) in [6.45, 7) is 8.47. The number of hydrazone groups is 1. The second-order valence-corrected chi connectivity index (χ2v) is 12.0. The molecule has 7 rings (SSSR count). The number of ether oxygens (including phenoxy) is 3. The maximum atomic E-state index is 6.53. The number of hydrogen-bond acceptors (Lipinski definition) is 7. The van der Waals surface area contributed by atoms with E-state index in [0.717, 1.165) is 48.2 Å². The van der Waals surface area contributed by atoms with Crippen LogP contribution < -0.4 is 15.5 Å². The summed E-state index contributed by atoms with van der Waals surface area (Å²) in [5.41, 5.74) is 5.25. The standard InChI is InChI=1S/C30H37N3O5S/c1-18-9-14-24-20(3)26(35-27-30(24)23(18)15-16-29(4,36-27)37-38-30)34-22-12-10-21(11-13-22)17-31-33-28(39)32-25-8-6-5-7-19(25)2/h5-8,10-13,17-18,20,23-24,26-27H,9,14-16H2,1-4H3,(H2,32,33,39)/b31-17+/t18-,20-,23+,24+,26+,27?,29+,30-/m1/s1. The first-order chi connectivity index (χ1) is 18.8. The predicted molar refractivity (Wildman–Crippen MR) is 152 cm³/mol. The van der Waals surface area contributed by atoms with Crippen LogP contribution in [0.3, 0.4) is 0 Å². The molecule has 1 unspecified atom stereocenters. The van der Waals surface area contributed by atoms with Crippen molar-refractivity contribution in [1.29, 1.82) is 0 Å². The molecule has 1 aliphatic carbocycles. The molecular formula is C30H37N3O5S. The quantitative estimate of drug-likeness (QED) is 0.206. The first-order valence-electron chi connectivity index (χ1n) is 13.9. The van der Waals surface area contributed by atoms with Crippen LogP contribution in [0.5, 0.6) is 5.75 Å². The molecule has 0 amide bonds. The highest BCUT2D eigenvalue weighted by Gasteiger charge is 2.69. The second-order valence-electron chi connectivity index (χ2n) is 11.6. The van der Waals surface area contributed by atoms with Gasteiger partial charge in [-0.1, -0.05) is 32.0 Å². The monoisotopic (exact) mass is 551 g/mol. The molecular weight excluding hydrogens is 514 g/mol. The smallest absolute Gasteiger partial charge is 0.205 e. The maximum absolute atomic E-state index is 6.53. The Morgan fingerprint density at radius 2 is 1.85 bits per heavy atom. The van der Waals surface area contributed by atoms with Crippen LogP contribution in [0.1, 0.15) is 57.6 Å². The summed E-state index contributed by atoms with van der Waals surface area (Å²) in [7, 11) is 0. The number of anilines is 1. The van der Waals surface area contributed by atoms with Gasteiger partial charge in [-0.3, -0.25) is 5.43 Å². The lowest BCUT2D eigenvalue weighted by Gasteiger charge is -2.60. The Bertz CT molecular complexity index is 1240. The van der Waals surface area contributed by atoms with Gasteiger partial charge in [-0.05, 0) is 98.6 Å². The number of fused-ring (bicyclic) bond motifs is 2. The van der Waals surface area contributed by atoms with Crippen LogP contribution >= 0.6 is 12.2 Å². The fraction of sp³-hybridized carbons (Fsp3) is 0.533. The number of para-hydroxylation sites is 1. The summed E-state index contributed by atoms with van der Waals surface area (Å²) in [4.78, 5) is 12.1. The van der Waals surface area contributed by atoms with E-state index in [2.05, 4.69) is 29.7 Å². The minimum atomic E-state index is -0.796. The summed E-state index contributed by atoms with van der Waals surface area (Å²) in [6, 6.07) is 15.7. The van der Waals surface area contributed by atoms with Gasteiger partial charge in [0.25, 0.3) is 0 Å². The molecule has 2 bridgehead atoms. The number of aryl methyl sites for hydroxylation is 1. The van der Waals surface area contributed by atoms with E-state index in [9.17, 15) is 0 Å². The van der Waals surface area contributed by atoms with E-state index in [1.165, 1.54) is 0 Å². The molecule has 9 heteroatoms. The van der Waals surface area contributed by atoms with Gasteiger partial charge in [0.2, 0.25) is 12.1 Å². The minimum absolute atomic E-state index is 0.109. The number of hydrogen-bond donors (Lipinski definition) is 2. The third kappa shape index (κ3) is 4.95. The van der Waals surface area contributed by atoms with Crippen LogP contribution in [0.2, 0.25) is 0 Å². The van der Waals surface area contributed by atoms with Crippen LogP contribution in [0.15, 0.2) is 53.6 Å². The second kappa shape index (κ2) is 10.4. The average Bonchev–Trinajstić information content (AvgIpc) is 3.15. The van der Waals surface area contributed by atoms with Gasteiger partial charge in [-0.2, -0.15) is 5.10 Å². The zero-order chi connectivity index (χ0) is 27.2. The lowest BCUT2D eigenvalue weighted by molar-refractivity contribution is -0.575. The first-order valence-corrected chi connectivity index (χ1v) is 14.3. The lowest BCUT2D eigenvalue weighted by atomic mass is 9.58. The molecule has 5 aliphatic rings. The largest absolute Gasteiger partial charge is 0.465 e. The van der Waals surface area contributed by atoms with E-state index in [4.69, 9.17) is 36.2 Å². The van der Waals surface area contributed by atoms with Crippen molar-refractivity contribution >= 4 is 29.2 Å². The fourth-order valence-electron chi connectivity index (χ4n) is 6.80. The van der Waals surface area contributed by atoms with Crippen molar-refractivity contribution in [3.63, 3.8) is 0 Å². The highest BCUT2D eigenvalue weighted by atomic mass is 32.1. The Hall–Kier alpha value is -2.56. The molecule has 8 nitrogen and oxygen atoms in total. The Labute approximate surface area is 235 Å². The van der Waals surface area contributed by atoms with Crippen molar-refractivity contribution < 1.29 is 24.0 Å². The molecule has 208 valence electrons. The summed E-state index contributed by atoms with van der Waals surface area (Å²) < 4.78 is 19.4. The lowest BCUT2D eigenvalue weighted by Crippen LogP contribution is -2.70. The molecule has 0 radical (unpaired) electrons. The van der Waals surface area contributed by atoms with Crippen LogP contribution in [-0.4, -0.2) is 35.3 Å². The summed E-state index contributed by atoms with van der Waals surface area (Å²) in [6.07, 6.45) is 4.75. The Kier molecular flexibility index (Phi) is 7.14. The van der Waals surface area contributed by atoms with Crippen LogP contribution in [-0.2, 0) is 19.2 Å². The number of rotatable bonds is 5. The number of nitrogens with zero attached hydrogens (tertiary/aromatic N) is 1. The van der Waals surface area contributed by atoms with Crippen molar-refractivity contribution in [3.05, 3.63) is 59.7 Å². The molecule has 39 heavy (non-hydrogen) atoms. The molecule has 1 spiro atoms. The fourth-order valence-corrected chi connectivity index (χ4v) is 6.96. The third-order valence-electron chi connectivity index (χ3n) is 9.00. The molecule has 4 aliphatic heterocycles. The molecule has 2 aromatic carbocycles. The average molecular weight is 552 g/mol. The van der Waals surface area contributed by atoms with Gasteiger partial charge in [0.1, 0.15) is 5.75 Å². The third-order valence-corrected chi connectivity index (χ3v) is 9.20. The van der Waals surface area contributed by atoms with E-state index in [0.29, 0.717) is 16.9 Å². The van der Waals surface area contributed by atoms with Gasteiger partial charge < -0.3 is 19.5 Å². The van der Waals surface area contributed by atoms with Gasteiger partial charge in [0, 0.05) is 23.9 Å². The molecule has 4 saturated heterocycles. The molecule has 0 aromatic heterocycles. The van der Waals surface area contributed by atoms with Crippen molar-refractivity contribution in [2.24, 2.45) is 28.8 Å². The number of thiocarbonyl (C=S) groups is 1. The SMILES string of the molecule is Cc1ccccc1NC(=S)N/N=C/c1ccc(O[C@H]2OC3O[C@]4(C)CC[C@H]5[C@H](C)CC[C@@H]([C@H]2C)[C@@]35OO4)cc1.